The Bertz CT molecular complexity index is 1090. The van der Waals surface area contributed by atoms with Crippen molar-refractivity contribution >= 4 is 29.1 Å². The molecule has 3 atom stereocenters. The second-order valence-corrected chi connectivity index (χ2v) is 8.41. The summed E-state index contributed by atoms with van der Waals surface area (Å²) in [6, 6.07) is 9.15. The number of ketones is 1. The lowest BCUT2D eigenvalue weighted by Crippen LogP contribution is -2.43. The van der Waals surface area contributed by atoms with E-state index in [1.807, 2.05) is 17.5 Å². The number of Topliss-reactive ketones (excluding diaryl/α,β-unsaturated/α-hetero) is 1. The number of aromatic nitrogens is 1. The fourth-order valence-electron chi connectivity index (χ4n) is 4.42. The summed E-state index contributed by atoms with van der Waals surface area (Å²) < 4.78 is 10.0. The van der Waals surface area contributed by atoms with Crippen LogP contribution in [0.4, 0.5) is 0 Å². The molecule has 2 aliphatic rings. The lowest BCUT2D eigenvalue weighted by molar-refractivity contribution is -0.149. The molecule has 31 heavy (non-hydrogen) atoms. The summed E-state index contributed by atoms with van der Waals surface area (Å²) in [6.45, 7) is 1.78. The molecule has 160 valence electrons. The third-order valence-electron chi connectivity index (χ3n) is 5.77. The van der Waals surface area contributed by atoms with E-state index in [0.717, 1.165) is 4.88 Å². The molecule has 0 bridgehead atoms. The van der Waals surface area contributed by atoms with Crippen LogP contribution >= 0.6 is 11.3 Å². The van der Waals surface area contributed by atoms with E-state index in [9.17, 15) is 14.4 Å². The van der Waals surface area contributed by atoms with Crippen LogP contribution in [0.2, 0.25) is 0 Å². The lowest BCUT2D eigenvalue weighted by atomic mass is 9.69. The summed E-state index contributed by atoms with van der Waals surface area (Å²) in [4.78, 5) is 44.6. The third-order valence-corrected chi connectivity index (χ3v) is 6.78. The van der Waals surface area contributed by atoms with Gasteiger partial charge in [0.15, 0.2) is 5.78 Å². The summed E-state index contributed by atoms with van der Waals surface area (Å²) >= 11 is 1.50. The first kappa shape index (κ1) is 21.0. The number of nitrogens with zero attached hydrogens (tertiary/aromatic N) is 1. The molecule has 1 aliphatic heterocycles. The molecule has 0 amide bonds. The van der Waals surface area contributed by atoms with Gasteiger partial charge in [0.05, 0.1) is 31.4 Å². The average Bonchev–Trinajstić information content (AvgIpc) is 3.32. The second kappa shape index (κ2) is 8.47. The predicted molar refractivity (Wildman–Crippen MR) is 114 cm³/mol. The minimum Gasteiger partial charge on any atom is -0.468 e. The molecule has 0 saturated heterocycles. The van der Waals surface area contributed by atoms with Gasteiger partial charge in [0.2, 0.25) is 0 Å². The maximum atomic E-state index is 13.8. The van der Waals surface area contributed by atoms with E-state index in [4.69, 9.17) is 9.47 Å². The molecule has 0 saturated carbocycles. The Morgan fingerprint density at radius 1 is 1.16 bits per heavy atom. The zero-order valence-corrected chi connectivity index (χ0v) is 18.2. The predicted octanol–water partition coefficient (Wildman–Crippen LogP) is 3.08. The van der Waals surface area contributed by atoms with Crippen LogP contribution in [0, 0.1) is 5.92 Å². The number of ether oxygens (including phenoxy) is 2. The fraction of sp³-hybridized carbons (Fsp3) is 0.304. The van der Waals surface area contributed by atoms with Crippen molar-refractivity contribution in [2.24, 2.45) is 5.92 Å². The summed E-state index contributed by atoms with van der Waals surface area (Å²) in [5.74, 6) is -3.55. The van der Waals surface area contributed by atoms with E-state index < -0.39 is 23.8 Å². The summed E-state index contributed by atoms with van der Waals surface area (Å²) in [7, 11) is 2.58. The van der Waals surface area contributed by atoms with Crippen LogP contribution in [0.3, 0.4) is 0 Å². The molecule has 0 spiro atoms. The van der Waals surface area contributed by atoms with Crippen molar-refractivity contribution in [1.82, 2.24) is 10.3 Å². The second-order valence-electron chi connectivity index (χ2n) is 7.43. The third kappa shape index (κ3) is 3.57. The number of allylic oxidation sites excluding steroid dienone is 3. The van der Waals surface area contributed by atoms with Crippen LogP contribution in [0.5, 0.6) is 0 Å². The first-order chi connectivity index (χ1) is 15.0. The molecule has 0 fully saturated rings. The maximum Gasteiger partial charge on any atom is 0.336 e. The number of carbonyl (C=O) groups excluding carboxylic acids is 3. The maximum absolute atomic E-state index is 13.8. The Kier molecular flexibility index (Phi) is 5.73. The van der Waals surface area contributed by atoms with Gasteiger partial charge < -0.3 is 14.8 Å². The number of rotatable bonds is 4. The quantitative estimate of drug-likeness (QED) is 0.579. The zero-order chi connectivity index (χ0) is 22.1. The standard InChI is InChI=1S/C23H22N2O5S/c1-12-17(22(27)29-2)19(14-7-4-5-9-24-14)20-15(25-12)11-13(16-8-6-10-31-16)18(21(20)26)23(28)30-3/h4-10,13,18-19,25H,11H2,1-3H3/t13-,18+,19+/m1/s1. The van der Waals surface area contributed by atoms with Crippen LogP contribution in [-0.4, -0.2) is 36.9 Å². The van der Waals surface area contributed by atoms with Crippen molar-refractivity contribution in [2.45, 2.75) is 25.2 Å². The summed E-state index contributed by atoms with van der Waals surface area (Å²) in [5, 5.41) is 5.17. The minimum atomic E-state index is -0.993. The Morgan fingerprint density at radius 3 is 2.58 bits per heavy atom. The molecular formula is C23H22N2O5S. The summed E-state index contributed by atoms with van der Waals surface area (Å²) in [5.41, 5.74) is 2.53. The number of carbonyl (C=O) groups is 3. The number of thiophene rings is 1. The van der Waals surface area contributed by atoms with E-state index in [-0.39, 0.29) is 11.7 Å². The average molecular weight is 439 g/mol. The van der Waals surface area contributed by atoms with Crippen molar-refractivity contribution in [3.8, 4) is 0 Å². The first-order valence-corrected chi connectivity index (χ1v) is 10.7. The number of esters is 2. The Balaban J connectivity index is 1.90. The van der Waals surface area contributed by atoms with E-state index in [1.54, 1.807) is 31.3 Å². The van der Waals surface area contributed by atoms with Gasteiger partial charge in [0, 0.05) is 34.0 Å². The van der Waals surface area contributed by atoms with Gasteiger partial charge in [-0.15, -0.1) is 11.3 Å². The van der Waals surface area contributed by atoms with Gasteiger partial charge in [-0.2, -0.15) is 0 Å². The topological polar surface area (TPSA) is 94.6 Å². The molecule has 0 radical (unpaired) electrons. The minimum absolute atomic E-state index is 0.312. The van der Waals surface area contributed by atoms with Gasteiger partial charge in [-0.05, 0) is 36.9 Å². The highest BCUT2D eigenvalue weighted by Gasteiger charge is 2.49. The molecule has 3 heterocycles. The van der Waals surface area contributed by atoms with E-state index >= 15 is 0 Å². The van der Waals surface area contributed by atoms with Crippen LogP contribution < -0.4 is 5.32 Å². The van der Waals surface area contributed by atoms with Gasteiger partial charge >= 0.3 is 11.9 Å². The van der Waals surface area contributed by atoms with Gasteiger partial charge in [-0.3, -0.25) is 14.6 Å². The first-order valence-electron chi connectivity index (χ1n) is 9.83. The molecule has 2 aromatic rings. The van der Waals surface area contributed by atoms with Gasteiger partial charge in [-0.1, -0.05) is 12.1 Å². The summed E-state index contributed by atoms with van der Waals surface area (Å²) in [6.07, 6.45) is 2.05. The Morgan fingerprint density at radius 2 is 1.97 bits per heavy atom. The number of hydrogen-bond acceptors (Lipinski definition) is 8. The fourth-order valence-corrected chi connectivity index (χ4v) is 5.29. The normalized spacial score (nSPS) is 23.2. The number of nitrogens with one attached hydrogen (secondary N) is 1. The van der Waals surface area contributed by atoms with Crippen molar-refractivity contribution < 1.29 is 23.9 Å². The highest BCUT2D eigenvalue weighted by Crippen LogP contribution is 2.48. The molecular weight excluding hydrogens is 416 g/mol. The Hall–Kier alpha value is -3.26. The number of pyridine rings is 1. The molecule has 0 aromatic carbocycles. The van der Waals surface area contributed by atoms with Crippen molar-refractivity contribution in [1.29, 1.82) is 0 Å². The molecule has 1 N–H and O–H groups in total. The molecule has 2 aromatic heterocycles. The molecule has 7 nitrogen and oxygen atoms in total. The number of methoxy groups -OCH3 is 2. The van der Waals surface area contributed by atoms with Crippen molar-refractivity contribution in [2.75, 3.05) is 14.2 Å². The Labute approximate surface area is 183 Å². The van der Waals surface area contributed by atoms with Gasteiger partial charge in [-0.25, -0.2) is 4.79 Å². The van der Waals surface area contributed by atoms with Crippen LogP contribution in [0.15, 0.2) is 64.4 Å². The van der Waals surface area contributed by atoms with Crippen LogP contribution in [0.1, 0.15) is 35.8 Å². The SMILES string of the molecule is COC(=O)C1=C(C)NC2=C(C(=O)[C@@H](C(=O)OC)[C@@H](c3cccs3)C2)[C@H]1c1ccccn1. The van der Waals surface area contributed by atoms with E-state index in [0.29, 0.717) is 34.7 Å². The molecule has 4 rings (SSSR count). The van der Waals surface area contributed by atoms with Crippen molar-refractivity contribution in [3.63, 3.8) is 0 Å². The monoisotopic (exact) mass is 438 g/mol. The van der Waals surface area contributed by atoms with Gasteiger partial charge in [0.1, 0.15) is 5.92 Å². The number of dihydropyridines is 1. The molecule has 8 heteroatoms. The van der Waals surface area contributed by atoms with E-state index in [1.165, 1.54) is 25.6 Å². The van der Waals surface area contributed by atoms with Gasteiger partial charge in [0.25, 0.3) is 0 Å². The lowest BCUT2D eigenvalue weighted by Gasteiger charge is -2.38. The van der Waals surface area contributed by atoms with Crippen LogP contribution in [0.25, 0.3) is 0 Å². The zero-order valence-electron chi connectivity index (χ0n) is 17.4. The molecule has 1 aliphatic carbocycles. The van der Waals surface area contributed by atoms with E-state index in [2.05, 4.69) is 10.3 Å². The highest BCUT2D eigenvalue weighted by molar-refractivity contribution is 7.10. The highest BCUT2D eigenvalue weighted by atomic mass is 32.1. The smallest absolute Gasteiger partial charge is 0.336 e. The largest absolute Gasteiger partial charge is 0.468 e. The van der Waals surface area contributed by atoms with Crippen molar-refractivity contribution in [3.05, 3.63) is 75.0 Å². The van der Waals surface area contributed by atoms with Crippen LogP contribution in [-0.2, 0) is 23.9 Å². The molecule has 0 unspecified atom stereocenters. The number of hydrogen-bond donors (Lipinski definition) is 1.